The van der Waals surface area contributed by atoms with Gasteiger partial charge < -0.3 is 4.90 Å². The number of halogens is 2. The van der Waals surface area contributed by atoms with Crippen molar-refractivity contribution in [1.29, 1.82) is 0 Å². The molecule has 0 saturated carbocycles. The molecule has 1 saturated heterocycles. The van der Waals surface area contributed by atoms with E-state index in [-0.39, 0.29) is 5.83 Å². The van der Waals surface area contributed by atoms with Crippen LogP contribution in [0.15, 0.2) is 82.9 Å². The number of piperidine rings is 1. The molecule has 0 radical (unpaired) electrons. The van der Waals surface area contributed by atoms with Crippen LogP contribution in [0.25, 0.3) is 0 Å². The zero-order valence-electron chi connectivity index (χ0n) is 18.2. The van der Waals surface area contributed by atoms with Gasteiger partial charge in [0.25, 0.3) is 0 Å². The topological polar surface area (TPSA) is 18.8 Å². The molecule has 0 aromatic heterocycles. The van der Waals surface area contributed by atoms with Crippen LogP contribution in [0.1, 0.15) is 39.5 Å². The summed E-state index contributed by atoms with van der Waals surface area (Å²) in [6.45, 7) is 10.1. The van der Waals surface area contributed by atoms with Crippen LogP contribution in [0.2, 0.25) is 5.02 Å². The second-order valence-electron chi connectivity index (χ2n) is 8.48. The Balaban J connectivity index is 1.39. The predicted octanol–water partition coefficient (Wildman–Crippen LogP) is 7.34. The van der Waals surface area contributed by atoms with E-state index in [1.807, 2.05) is 37.0 Å². The molecule has 162 valence electrons. The van der Waals surface area contributed by atoms with Crippen LogP contribution in [-0.4, -0.2) is 18.9 Å². The Morgan fingerprint density at radius 1 is 1.16 bits per heavy atom. The Morgan fingerprint density at radius 3 is 2.65 bits per heavy atom. The van der Waals surface area contributed by atoms with Gasteiger partial charge in [-0.05, 0) is 81.9 Å². The fourth-order valence-electron chi connectivity index (χ4n) is 4.60. The molecule has 4 rings (SSSR count). The summed E-state index contributed by atoms with van der Waals surface area (Å²) in [4.78, 5) is 8.96. The molecular weight excluding hydrogens is 409 g/mol. The van der Waals surface area contributed by atoms with Crippen molar-refractivity contribution >= 4 is 28.8 Å². The molecule has 0 N–H and O–H groups in total. The van der Waals surface area contributed by atoms with Crippen molar-refractivity contribution in [3.8, 4) is 0 Å². The molecule has 3 nitrogen and oxygen atoms in total. The van der Waals surface area contributed by atoms with Crippen LogP contribution in [-0.2, 0) is 0 Å². The van der Waals surface area contributed by atoms with Gasteiger partial charge in [-0.2, -0.15) is 0 Å². The number of hydrogen-bond donors (Lipinski definition) is 0. The first kappa shape index (κ1) is 21.6. The quantitative estimate of drug-likeness (QED) is 0.490. The maximum atomic E-state index is 13.4. The van der Waals surface area contributed by atoms with E-state index in [1.54, 1.807) is 12.2 Å². The molecule has 1 fully saturated rings. The monoisotopic (exact) mass is 437 g/mol. The third kappa shape index (κ3) is 5.01. The van der Waals surface area contributed by atoms with Gasteiger partial charge >= 0.3 is 0 Å². The summed E-state index contributed by atoms with van der Waals surface area (Å²) in [5.74, 6) is 1.38. The lowest BCUT2D eigenvalue weighted by Crippen LogP contribution is -2.34. The Bertz CT molecular complexity index is 1020. The van der Waals surface area contributed by atoms with Crippen molar-refractivity contribution in [3.05, 3.63) is 83.0 Å². The van der Waals surface area contributed by atoms with E-state index < -0.39 is 0 Å². The zero-order valence-corrected chi connectivity index (χ0v) is 19.0. The van der Waals surface area contributed by atoms with Gasteiger partial charge in [0.05, 0.1) is 10.7 Å². The molecule has 0 amide bonds. The Labute approximate surface area is 189 Å². The predicted molar refractivity (Wildman–Crippen MR) is 131 cm³/mol. The number of allylic oxidation sites excluding steroid dienone is 8. The Kier molecular flexibility index (Phi) is 6.47. The normalized spacial score (nSPS) is 20.2. The fourth-order valence-corrected chi connectivity index (χ4v) is 4.90. The number of amidine groups is 1. The van der Waals surface area contributed by atoms with E-state index in [1.165, 1.54) is 5.57 Å². The first-order valence-electron chi connectivity index (χ1n) is 10.9. The lowest BCUT2D eigenvalue weighted by atomic mass is 9.89. The highest BCUT2D eigenvalue weighted by Crippen LogP contribution is 2.36. The Morgan fingerprint density at radius 2 is 1.94 bits per heavy atom. The van der Waals surface area contributed by atoms with Gasteiger partial charge in [-0.3, -0.25) is 4.90 Å². The summed E-state index contributed by atoms with van der Waals surface area (Å²) in [7, 11) is 0. The number of hydrogen-bond acceptors (Lipinski definition) is 3. The van der Waals surface area contributed by atoms with E-state index in [4.69, 9.17) is 11.6 Å². The van der Waals surface area contributed by atoms with Crippen molar-refractivity contribution in [2.24, 2.45) is 10.9 Å². The van der Waals surface area contributed by atoms with Crippen molar-refractivity contribution in [2.45, 2.75) is 39.5 Å². The third-order valence-electron chi connectivity index (χ3n) is 6.14. The molecule has 1 aromatic carbocycles. The second kappa shape index (κ2) is 9.27. The average molecular weight is 438 g/mol. The summed E-state index contributed by atoms with van der Waals surface area (Å²) in [5, 5.41) is 0.749. The second-order valence-corrected chi connectivity index (χ2v) is 8.89. The number of aliphatic imine (C=N–C) groups is 1. The minimum atomic E-state index is -0.139. The minimum Gasteiger partial charge on any atom is -0.370 e. The van der Waals surface area contributed by atoms with Crippen LogP contribution in [0.3, 0.4) is 0 Å². The highest BCUT2D eigenvalue weighted by molar-refractivity contribution is 6.33. The molecule has 0 spiro atoms. The van der Waals surface area contributed by atoms with E-state index >= 15 is 0 Å². The van der Waals surface area contributed by atoms with E-state index in [9.17, 15) is 4.39 Å². The maximum absolute atomic E-state index is 13.4. The van der Waals surface area contributed by atoms with Crippen molar-refractivity contribution < 1.29 is 4.39 Å². The van der Waals surface area contributed by atoms with E-state index in [2.05, 4.69) is 34.7 Å². The standard InChI is InChI=1S/C26H29ClFN3/c1-18-15-19(2)31(20(3)29-18)24-9-10-26(25(27)17-24)30-13-11-22(12-14-30)16-21-5-4-6-23(28)8-7-21/h5-10,15,17,22H,2,4,11-14,16H2,1,3H3. The molecule has 2 heterocycles. The maximum Gasteiger partial charge on any atom is 0.119 e. The van der Waals surface area contributed by atoms with Crippen molar-refractivity contribution in [1.82, 2.24) is 0 Å². The molecule has 1 aliphatic carbocycles. The summed E-state index contributed by atoms with van der Waals surface area (Å²) >= 11 is 6.72. The number of nitrogens with zero attached hydrogens (tertiary/aromatic N) is 3. The minimum absolute atomic E-state index is 0.139. The molecule has 5 heteroatoms. The molecule has 0 atom stereocenters. The van der Waals surface area contributed by atoms with Crippen LogP contribution < -0.4 is 9.80 Å². The van der Waals surface area contributed by atoms with Gasteiger partial charge in [-0.1, -0.05) is 35.9 Å². The van der Waals surface area contributed by atoms with Gasteiger partial charge in [0.1, 0.15) is 11.7 Å². The average Bonchev–Trinajstić information content (AvgIpc) is 2.92. The highest BCUT2D eigenvalue weighted by atomic mass is 35.5. The van der Waals surface area contributed by atoms with E-state index in [0.29, 0.717) is 12.3 Å². The van der Waals surface area contributed by atoms with Crippen LogP contribution in [0.4, 0.5) is 15.8 Å². The first-order valence-corrected chi connectivity index (χ1v) is 11.3. The van der Waals surface area contributed by atoms with Crippen molar-refractivity contribution in [3.63, 3.8) is 0 Å². The van der Waals surface area contributed by atoms with Crippen LogP contribution in [0.5, 0.6) is 0 Å². The first-order chi connectivity index (χ1) is 14.9. The number of benzene rings is 1. The lowest BCUT2D eigenvalue weighted by Gasteiger charge is -2.35. The summed E-state index contributed by atoms with van der Waals surface area (Å²) in [5.41, 5.74) is 5.15. The van der Waals surface area contributed by atoms with Crippen LogP contribution >= 0.6 is 11.6 Å². The summed E-state index contributed by atoms with van der Waals surface area (Å²) in [6.07, 6.45) is 13.2. The molecule has 0 unspecified atom stereocenters. The molecule has 31 heavy (non-hydrogen) atoms. The van der Waals surface area contributed by atoms with Crippen molar-refractivity contribution in [2.75, 3.05) is 22.9 Å². The molecular formula is C26H29ClFN3. The summed E-state index contributed by atoms with van der Waals surface area (Å²) < 4.78 is 13.4. The molecule has 1 aromatic rings. The number of rotatable bonds is 4. The molecule has 2 aliphatic heterocycles. The van der Waals surface area contributed by atoms with Gasteiger partial charge in [0.2, 0.25) is 0 Å². The van der Waals surface area contributed by atoms with Crippen LogP contribution in [0, 0.1) is 5.92 Å². The Hall–Kier alpha value is -2.59. The fraction of sp³-hybridized carbons (Fsp3) is 0.346. The SMILES string of the molecule is C=C1C=C(C)N=C(C)N1c1ccc(N2CCC(CC3=CCC=C(F)C=C3)CC2)c(Cl)c1. The van der Waals surface area contributed by atoms with Gasteiger partial charge in [0, 0.05) is 30.2 Å². The zero-order chi connectivity index (χ0) is 22.0. The number of anilines is 2. The lowest BCUT2D eigenvalue weighted by molar-refractivity contribution is 0.405. The van der Waals surface area contributed by atoms with Gasteiger partial charge in [0.15, 0.2) is 0 Å². The summed E-state index contributed by atoms with van der Waals surface area (Å²) in [6, 6.07) is 6.20. The molecule has 0 bridgehead atoms. The highest BCUT2D eigenvalue weighted by Gasteiger charge is 2.23. The van der Waals surface area contributed by atoms with Gasteiger partial charge in [-0.15, -0.1) is 0 Å². The van der Waals surface area contributed by atoms with Gasteiger partial charge in [-0.25, -0.2) is 9.38 Å². The third-order valence-corrected chi connectivity index (χ3v) is 6.45. The largest absolute Gasteiger partial charge is 0.370 e. The smallest absolute Gasteiger partial charge is 0.119 e. The molecule has 3 aliphatic rings. The van der Waals surface area contributed by atoms with E-state index in [0.717, 1.165) is 66.0 Å².